The van der Waals surface area contributed by atoms with E-state index in [4.69, 9.17) is 11.6 Å². The minimum atomic E-state index is -5.67. The molecule has 0 N–H and O–H groups in total. The molecule has 20 heavy (non-hydrogen) atoms. The van der Waals surface area contributed by atoms with Gasteiger partial charge in [0.1, 0.15) is 5.60 Å². The van der Waals surface area contributed by atoms with E-state index in [9.17, 15) is 21.6 Å². The van der Waals surface area contributed by atoms with Crippen LogP contribution in [0.15, 0.2) is 12.2 Å². The van der Waals surface area contributed by atoms with Crippen LogP contribution in [0.25, 0.3) is 0 Å². The molecule has 116 valence electrons. The van der Waals surface area contributed by atoms with Crippen LogP contribution < -0.4 is 0 Å². The smallest absolute Gasteiger partial charge is 0.252 e. The van der Waals surface area contributed by atoms with E-state index in [1.807, 2.05) is 13.8 Å². The molecule has 3 atom stereocenters. The first-order chi connectivity index (χ1) is 8.90. The highest BCUT2D eigenvalue weighted by atomic mass is 35.5. The average molecular weight is 333 g/mol. The highest BCUT2D eigenvalue weighted by Crippen LogP contribution is 2.66. The summed E-state index contributed by atoms with van der Waals surface area (Å²) in [4.78, 5) is 0. The van der Waals surface area contributed by atoms with Crippen molar-refractivity contribution in [2.45, 2.75) is 37.8 Å². The summed E-state index contributed by atoms with van der Waals surface area (Å²) in [6, 6.07) is 0. The van der Waals surface area contributed by atoms with Crippen molar-refractivity contribution in [1.82, 2.24) is 0 Å². The molecule has 2 saturated carbocycles. The Morgan fingerprint density at radius 3 is 2.45 bits per heavy atom. The van der Waals surface area contributed by atoms with Gasteiger partial charge in [-0.05, 0) is 29.7 Å². The maximum atomic E-state index is 12.6. The van der Waals surface area contributed by atoms with E-state index in [0.29, 0.717) is 12.0 Å². The molecule has 0 radical (unpaired) electrons. The van der Waals surface area contributed by atoms with Gasteiger partial charge < -0.3 is 0 Å². The van der Waals surface area contributed by atoms with Gasteiger partial charge in [-0.2, -0.15) is 21.6 Å². The van der Waals surface area contributed by atoms with Gasteiger partial charge >= 0.3 is 15.6 Å². The van der Waals surface area contributed by atoms with Crippen LogP contribution in [0.5, 0.6) is 0 Å². The highest BCUT2D eigenvalue weighted by molar-refractivity contribution is 7.87. The second-order valence-corrected chi connectivity index (χ2v) is 7.83. The van der Waals surface area contributed by atoms with Gasteiger partial charge in [0.25, 0.3) is 0 Å². The summed E-state index contributed by atoms with van der Waals surface area (Å²) in [5, 5.41) is 0. The number of hydrogen-bond acceptors (Lipinski definition) is 3. The van der Waals surface area contributed by atoms with Crippen molar-refractivity contribution in [3.05, 3.63) is 12.2 Å². The Kier molecular flexibility index (Phi) is 3.51. The first-order valence-corrected chi connectivity index (χ1v) is 8.12. The number of rotatable bonds is 3. The predicted octanol–water partition coefficient (Wildman–Crippen LogP) is 3.45. The summed E-state index contributed by atoms with van der Waals surface area (Å²) in [6.45, 7) is 7.49. The number of fused-ring (bicyclic) bond motifs is 2. The third-order valence-corrected chi connectivity index (χ3v) is 6.25. The van der Waals surface area contributed by atoms with Crippen molar-refractivity contribution in [3.8, 4) is 0 Å². The van der Waals surface area contributed by atoms with Gasteiger partial charge in [-0.15, -0.1) is 11.6 Å². The zero-order chi connectivity index (χ0) is 15.6. The number of hydrogen-bond donors (Lipinski definition) is 0. The molecule has 8 heteroatoms. The van der Waals surface area contributed by atoms with Crippen molar-refractivity contribution in [2.24, 2.45) is 17.3 Å². The SMILES string of the molecule is C=C1C(C)(C)[C@@H]2CC[C@@]1(OS(=O)(=O)C(F)(F)F)[C@H]2CCl. The van der Waals surface area contributed by atoms with Crippen molar-refractivity contribution >= 4 is 21.7 Å². The molecule has 0 spiro atoms. The Hall–Kier alpha value is -0.270. The molecule has 0 unspecified atom stereocenters. The van der Waals surface area contributed by atoms with Crippen LogP contribution in [0.3, 0.4) is 0 Å². The van der Waals surface area contributed by atoms with Crippen LogP contribution in [0.1, 0.15) is 26.7 Å². The van der Waals surface area contributed by atoms with Gasteiger partial charge in [-0.25, -0.2) is 0 Å². The summed E-state index contributed by atoms with van der Waals surface area (Å²) in [7, 11) is -5.67. The molecule has 0 aromatic carbocycles. The van der Waals surface area contributed by atoms with Gasteiger partial charge in [-0.1, -0.05) is 20.4 Å². The molecule has 0 aromatic rings. The largest absolute Gasteiger partial charge is 0.523 e. The molecule has 3 nitrogen and oxygen atoms in total. The van der Waals surface area contributed by atoms with Crippen LogP contribution in [-0.2, 0) is 14.3 Å². The average Bonchev–Trinajstić information content (AvgIpc) is 2.70. The maximum absolute atomic E-state index is 12.6. The molecule has 0 amide bonds. The Morgan fingerprint density at radius 2 is 2.00 bits per heavy atom. The lowest BCUT2D eigenvalue weighted by molar-refractivity contribution is -0.0641. The maximum Gasteiger partial charge on any atom is 0.523 e. The molecule has 2 aliphatic carbocycles. The molecule has 2 bridgehead atoms. The molecular weight excluding hydrogens is 317 g/mol. The van der Waals surface area contributed by atoms with Gasteiger partial charge in [0, 0.05) is 11.8 Å². The molecule has 0 saturated heterocycles. The summed E-state index contributed by atoms with van der Waals surface area (Å²) in [5.41, 5.74) is -7.06. The molecule has 2 aliphatic rings. The lowest BCUT2D eigenvalue weighted by Gasteiger charge is -2.37. The Morgan fingerprint density at radius 1 is 1.45 bits per heavy atom. The second kappa shape index (κ2) is 4.36. The first kappa shape index (κ1) is 16.1. The minimum absolute atomic E-state index is 0.0177. The van der Waals surface area contributed by atoms with Crippen molar-refractivity contribution < 1.29 is 25.8 Å². The van der Waals surface area contributed by atoms with E-state index in [2.05, 4.69) is 10.8 Å². The molecule has 2 fully saturated rings. The quantitative estimate of drug-likeness (QED) is 0.344. The van der Waals surface area contributed by atoms with Gasteiger partial charge in [0.15, 0.2) is 0 Å². The lowest BCUT2D eigenvalue weighted by atomic mass is 9.72. The Bertz CT molecular complexity index is 541. The third kappa shape index (κ3) is 1.93. The highest BCUT2D eigenvalue weighted by Gasteiger charge is 2.67. The predicted molar refractivity (Wildman–Crippen MR) is 68.6 cm³/mol. The van der Waals surface area contributed by atoms with Gasteiger partial charge in [0.05, 0.1) is 0 Å². The van der Waals surface area contributed by atoms with Crippen LogP contribution in [-0.4, -0.2) is 25.4 Å². The zero-order valence-electron chi connectivity index (χ0n) is 11.1. The molecule has 0 aromatic heterocycles. The van der Waals surface area contributed by atoms with Crippen LogP contribution >= 0.6 is 11.6 Å². The fraction of sp³-hybridized carbons (Fsp3) is 0.833. The third-order valence-electron chi connectivity index (χ3n) is 4.84. The second-order valence-electron chi connectivity index (χ2n) is 5.98. The topological polar surface area (TPSA) is 43.4 Å². The van der Waals surface area contributed by atoms with Crippen LogP contribution in [0.4, 0.5) is 13.2 Å². The summed E-state index contributed by atoms with van der Waals surface area (Å²) < 4.78 is 65.2. The molecule has 0 aliphatic heterocycles. The minimum Gasteiger partial charge on any atom is -0.252 e. The van der Waals surface area contributed by atoms with Crippen LogP contribution in [0.2, 0.25) is 0 Å². The molecule has 2 rings (SSSR count). The number of alkyl halides is 4. The Labute approximate surface area is 121 Å². The molecule has 0 heterocycles. The monoisotopic (exact) mass is 332 g/mol. The first-order valence-electron chi connectivity index (χ1n) is 6.18. The van der Waals surface area contributed by atoms with E-state index in [-0.39, 0.29) is 18.2 Å². The zero-order valence-corrected chi connectivity index (χ0v) is 12.7. The summed E-state index contributed by atoms with van der Waals surface area (Å²) in [5.74, 6) is -0.444. The fourth-order valence-corrected chi connectivity index (χ4v) is 4.98. The lowest BCUT2D eigenvalue weighted by Crippen LogP contribution is -2.43. The van der Waals surface area contributed by atoms with E-state index in [1.54, 1.807) is 0 Å². The van der Waals surface area contributed by atoms with Gasteiger partial charge in [0.2, 0.25) is 0 Å². The summed E-state index contributed by atoms with van der Waals surface area (Å²) >= 11 is 5.87. The van der Waals surface area contributed by atoms with E-state index in [0.717, 1.165) is 0 Å². The normalized spacial score (nSPS) is 36.6. The number of halogens is 4. The van der Waals surface area contributed by atoms with Crippen molar-refractivity contribution in [2.75, 3.05) is 5.88 Å². The van der Waals surface area contributed by atoms with Gasteiger partial charge in [-0.3, -0.25) is 4.18 Å². The van der Waals surface area contributed by atoms with Crippen LogP contribution in [0, 0.1) is 17.3 Å². The Balaban J connectivity index is 2.46. The standard InChI is InChI=1S/C12H16ClF3O3S/c1-7-10(2,3)8-4-5-11(7,9(8)6-13)19-20(17,18)12(14,15)16/h8-9H,1,4-6H2,2-3H3/t8-,9+,11+/m1/s1. The fourth-order valence-electron chi connectivity index (χ4n) is 3.72. The van der Waals surface area contributed by atoms with E-state index < -0.39 is 32.6 Å². The summed E-state index contributed by atoms with van der Waals surface area (Å²) in [6.07, 6.45) is 0.781. The van der Waals surface area contributed by atoms with E-state index in [1.165, 1.54) is 0 Å². The molecular formula is C12H16ClF3O3S. The van der Waals surface area contributed by atoms with Crippen molar-refractivity contribution in [3.63, 3.8) is 0 Å². The van der Waals surface area contributed by atoms with Crippen molar-refractivity contribution in [1.29, 1.82) is 0 Å². The van der Waals surface area contributed by atoms with E-state index >= 15 is 0 Å².